The molecular formula is C19H26N2O4. The first-order chi connectivity index (χ1) is 12.1. The first-order valence-electron chi connectivity index (χ1n) is 8.94. The highest BCUT2D eigenvalue weighted by Crippen LogP contribution is 2.37. The van der Waals surface area contributed by atoms with Gasteiger partial charge in [-0.15, -0.1) is 0 Å². The fraction of sp³-hybridized carbons (Fsp3) is 0.579. The number of benzene rings is 1. The number of likely N-dealkylation sites (tertiary alicyclic amines) is 1. The number of amides is 2. The predicted molar refractivity (Wildman–Crippen MR) is 95.0 cm³/mol. The van der Waals surface area contributed by atoms with Crippen LogP contribution in [0.5, 0.6) is 5.75 Å². The van der Waals surface area contributed by atoms with Crippen LogP contribution < -0.4 is 10.1 Å². The van der Waals surface area contributed by atoms with Crippen LogP contribution in [0.3, 0.4) is 0 Å². The molecule has 2 amide bonds. The Balaban J connectivity index is 1.74. The van der Waals surface area contributed by atoms with Crippen LogP contribution in [0.2, 0.25) is 0 Å². The molecule has 1 aromatic rings. The average molecular weight is 346 g/mol. The Morgan fingerprint density at radius 2 is 1.88 bits per heavy atom. The number of fused-ring (bicyclic) bond motifs is 1. The lowest BCUT2D eigenvalue weighted by atomic mass is 9.75. The van der Waals surface area contributed by atoms with Crippen LogP contribution in [0.4, 0.5) is 10.5 Å². The van der Waals surface area contributed by atoms with Gasteiger partial charge < -0.3 is 14.4 Å². The molecule has 1 unspecified atom stereocenters. The number of methoxy groups -OCH3 is 2. The lowest BCUT2D eigenvalue weighted by Gasteiger charge is -2.41. The van der Waals surface area contributed by atoms with E-state index in [2.05, 4.69) is 10.1 Å². The largest absolute Gasteiger partial charge is 0.496 e. The number of hydrogen-bond acceptors (Lipinski definition) is 4. The molecule has 2 atom stereocenters. The van der Waals surface area contributed by atoms with E-state index in [4.69, 9.17) is 4.74 Å². The summed E-state index contributed by atoms with van der Waals surface area (Å²) in [5.41, 5.74) is 1.07. The number of nitrogens with one attached hydrogen (secondary N) is 1. The molecule has 1 saturated heterocycles. The molecule has 2 aliphatic rings. The zero-order valence-electron chi connectivity index (χ0n) is 14.9. The maximum atomic E-state index is 13.0. The second-order valence-electron chi connectivity index (χ2n) is 6.88. The number of rotatable bonds is 3. The lowest BCUT2D eigenvalue weighted by Crippen LogP contribution is -2.44. The van der Waals surface area contributed by atoms with E-state index in [1.165, 1.54) is 39.9 Å². The maximum absolute atomic E-state index is 13.0. The summed E-state index contributed by atoms with van der Waals surface area (Å²) in [6.45, 7) is 1.65. The molecular weight excluding hydrogens is 320 g/mol. The van der Waals surface area contributed by atoms with E-state index in [9.17, 15) is 9.59 Å². The Hall–Kier alpha value is -2.24. The average Bonchev–Trinajstić information content (AvgIpc) is 2.66. The van der Waals surface area contributed by atoms with E-state index in [0.717, 1.165) is 25.4 Å². The standard InChI is InChI=1S/C19H26N2O4/c1-24-17-11-15(20-19(23)25-2)7-8-16(17)18(22)21-10-9-13-5-3-4-6-14(13)12-21/h7-8,11,13-14H,3-6,9-10,12H2,1-2H3,(H,20,23)/t13-,14?/m0/s1. The zero-order valence-corrected chi connectivity index (χ0v) is 14.9. The van der Waals surface area contributed by atoms with Gasteiger partial charge in [0.15, 0.2) is 0 Å². The Morgan fingerprint density at radius 3 is 2.60 bits per heavy atom. The lowest BCUT2D eigenvalue weighted by molar-refractivity contribution is 0.0518. The number of piperidine rings is 1. The van der Waals surface area contributed by atoms with Crippen LogP contribution in [-0.2, 0) is 4.74 Å². The molecule has 0 spiro atoms. The molecule has 1 heterocycles. The molecule has 6 nitrogen and oxygen atoms in total. The van der Waals surface area contributed by atoms with Gasteiger partial charge in [-0.2, -0.15) is 0 Å². The molecule has 2 fully saturated rings. The van der Waals surface area contributed by atoms with Crippen LogP contribution in [-0.4, -0.2) is 44.2 Å². The van der Waals surface area contributed by atoms with Crippen molar-refractivity contribution in [3.63, 3.8) is 0 Å². The number of nitrogens with zero attached hydrogens (tertiary/aromatic N) is 1. The van der Waals surface area contributed by atoms with Gasteiger partial charge in [-0.25, -0.2) is 4.79 Å². The number of carbonyl (C=O) groups excluding carboxylic acids is 2. The first kappa shape index (κ1) is 17.6. The summed E-state index contributed by atoms with van der Waals surface area (Å²) in [6, 6.07) is 5.05. The van der Waals surface area contributed by atoms with E-state index in [1.807, 2.05) is 4.90 Å². The van der Waals surface area contributed by atoms with Gasteiger partial charge in [0.05, 0.1) is 19.8 Å². The van der Waals surface area contributed by atoms with Crippen molar-refractivity contribution in [2.24, 2.45) is 11.8 Å². The van der Waals surface area contributed by atoms with Crippen molar-refractivity contribution in [2.75, 3.05) is 32.6 Å². The van der Waals surface area contributed by atoms with E-state index >= 15 is 0 Å². The molecule has 1 N–H and O–H groups in total. The van der Waals surface area contributed by atoms with Crippen LogP contribution in [0, 0.1) is 11.8 Å². The summed E-state index contributed by atoms with van der Waals surface area (Å²) in [6.07, 6.45) is 5.69. The van der Waals surface area contributed by atoms with Gasteiger partial charge >= 0.3 is 6.09 Å². The van der Waals surface area contributed by atoms with Gasteiger partial charge in [-0.05, 0) is 36.8 Å². The number of carbonyl (C=O) groups is 2. The van der Waals surface area contributed by atoms with Gasteiger partial charge in [0.2, 0.25) is 0 Å². The van der Waals surface area contributed by atoms with Crippen molar-refractivity contribution >= 4 is 17.7 Å². The van der Waals surface area contributed by atoms with E-state index in [-0.39, 0.29) is 5.91 Å². The van der Waals surface area contributed by atoms with Crippen LogP contribution in [0.25, 0.3) is 0 Å². The van der Waals surface area contributed by atoms with Crippen molar-refractivity contribution in [3.05, 3.63) is 23.8 Å². The molecule has 3 rings (SSSR count). The molecule has 0 radical (unpaired) electrons. The summed E-state index contributed by atoms with van der Waals surface area (Å²) >= 11 is 0. The van der Waals surface area contributed by atoms with Crippen LogP contribution >= 0.6 is 0 Å². The van der Waals surface area contributed by atoms with E-state index in [1.54, 1.807) is 18.2 Å². The molecule has 1 aromatic carbocycles. The Kier molecular flexibility index (Phi) is 5.46. The van der Waals surface area contributed by atoms with Crippen molar-refractivity contribution in [1.29, 1.82) is 0 Å². The fourth-order valence-corrected chi connectivity index (χ4v) is 4.07. The van der Waals surface area contributed by atoms with Gasteiger partial charge in [-0.1, -0.05) is 19.3 Å². The zero-order chi connectivity index (χ0) is 17.8. The third kappa shape index (κ3) is 3.89. The third-order valence-electron chi connectivity index (χ3n) is 5.44. The van der Waals surface area contributed by atoms with Crippen molar-refractivity contribution in [2.45, 2.75) is 32.1 Å². The smallest absolute Gasteiger partial charge is 0.411 e. The van der Waals surface area contributed by atoms with Crippen molar-refractivity contribution in [1.82, 2.24) is 4.90 Å². The summed E-state index contributed by atoms with van der Waals surface area (Å²) in [7, 11) is 2.83. The van der Waals surface area contributed by atoms with Crippen LogP contribution in [0.15, 0.2) is 18.2 Å². The summed E-state index contributed by atoms with van der Waals surface area (Å²) in [4.78, 5) is 26.3. The van der Waals surface area contributed by atoms with E-state index < -0.39 is 6.09 Å². The molecule has 1 aliphatic heterocycles. The van der Waals surface area contributed by atoms with Gasteiger partial charge in [-0.3, -0.25) is 10.1 Å². The molecule has 25 heavy (non-hydrogen) atoms. The Morgan fingerprint density at radius 1 is 1.12 bits per heavy atom. The highest BCUT2D eigenvalue weighted by molar-refractivity contribution is 5.98. The predicted octanol–water partition coefficient (Wildman–Crippen LogP) is 3.53. The Labute approximate surface area is 148 Å². The number of hydrogen-bond donors (Lipinski definition) is 1. The molecule has 136 valence electrons. The van der Waals surface area contributed by atoms with Crippen molar-refractivity contribution in [3.8, 4) is 5.75 Å². The summed E-state index contributed by atoms with van der Waals surface area (Å²) in [5, 5.41) is 2.58. The number of ether oxygens (including phenoxy) is 2. The quantitative estimate of drug-likeness (QED) is 0.909. The molecule has 0 bridgehead atoms. The molecule has 1 aliphatic carbocycles. The molecule has 6 heteroatoms. The minimum atomic E-state index is -0.555. The maximum Gasteiger partial charge on any atom is 0.411 e. The third-order valence-corrected chi connectivity index (χ3v) is 5.44. The van der Waals surface area contributed by atoms with E-state index in [0.29, 0.717) is 22.9 Å². The Bertz CT molecular complexity index is 646. The summed E-state index contributed by atoms with van der Waals surface area (Å²) in [5.74, 6) is 1.89. The second-order valence-corrected chi connectivity index (χ2v) is 6.88. The normalized spacial score (nSPS) is 22.7. The second kappa shape index (κ2) is 7.76. The van der Waals surface area contributed by atoms with Crippen LogP contribution in [0.1, 0.15) is 42.5 Å². The highest BCUT2D eigenvalue weighted by Gasteiger charge is 2.33. The monoisotopic (exact) mass is 346 g/mol. The number of anilines is 1. The first-order valence-corrected chi connectivity index (χ1v) is 8.94. The molecule has 1 saturated carbocycles. The summed E-state index contributed by atoms with van der Waals surface area (Å²) < 4.78 is 9.96. The minimum Gasteiger partial charge on any atom is -0.496 e. The van der Waals surface area contributed by atoms with Crippen molar-refractivity contribution < 1.29 is 19.1 Å². The fourth-order valence-electron chi connectivity index (χ4n) is 4.07. The topological polar surface area (TPSA) is 67.9 Å². The van der Waals surface area contributed by atoms with Gasteiger partial charge in [0, 0.05) is 24.8 Å². The minimum absolute atomic E-state index is 0.00508. The van der Waals surface area contributed by atoms with Gasteiger partial charge in [0.1, 0.15) is 5.75 Å². The highest BCUT2D eigenvalue weighted by atomic mass is 16.5. The van der Waals surface area contributed by atoms with Gasteiger partial charge in [0.25, 0.3) is 5.91 Å². The SMILES string of the molecule is COC(=O)Nc1ccc(C(=O)N2CC[C@@H]3CCCCC3C2)c(OC)c1. The molecule has 0 aromatic heterocycles.